The highest BCUT2D eigenvalue weighted by Gasteiger charge is 2.19. The van der Waals surface area contributed by atoms with Crippen LogP contribution in [0.4, 0.5) is 5.13 Å². The van der Waals surface area contributed by atoms with Crippen molar-refractivity contribution >= 4 is 33.5 Å². The monoisotopic (exact) mass is 399 g/mol. The normalized spacial score (nSPS) is 15.8. The second-order valence-corrected chi connectivity index (χ2v) is 7.89. The third-order valence-electron chi connectivity index (χ3n) is 5.20. The number of aryl methyl sites for hydroxylation is 1. The molecule has 0 unspecified atom stereocenters. The van der Waals surface area contributed by atoms with Crippen LogP contribution in [-0.2, 0) is 24.3 Å². The number of carboxylic acid groups (broad SMARTS) is 1. The number of benzene rings is 1. The second kappa shape index (κ2) is 8.28. The van der Waals surface area contributed by atoms with Gasteiger partial charge in [0.1, 0.15) is 12.4 Å². The van der Waals surface area contributed by atoms with Gasteiger partial charge in [0.15, 0.2) is 0 Å². The Hall–Kier alpha value is -2.45. The number of aliphatic carboxylic acids is 1. The van der Waals surface area contributed by atoms with Crippen LogP contribution in [0.3, 0.4) is 0 Å². The Bertz CT molecular complexity index is 967. The van der Waals surface area contributed by atoms with Crippen LogP contribution in [0.2, 0.25) is 0 Å². The first-order valence-electron chi connectivity index (χ1n) is 9.72. The van der Waals surface area contributed by atoms with Crippen LogP contribution in [0.5, 0.6) is 0 Å². The fourth-order valence-electron chi connectivity index (χ4n) is 3.80. The number of fused-ring (bicyclic) bond motifs is 1. The van der Waals surface area contributed by atoms with Gasteiger partial charge in [-0.05, 0) is 18.1 Å². The quantitative estimate of drug-likeness (QED) is 0.687. The molecular formula is C20H25N5O2S. The molecule has 0 saturated carbocycles. The van der Waals surface area contributed by atoms with Gasteiger partial charge < -0.3 is 14.6 Å². The van der Waals surface area contributed by atoms with E-state index in [0.717, 1.165) is 67.4 Å². The molecule has 28 heavy (non-hydrogen) atoms. The lowest BCUT2D eigenvalue weighted by Crippen LogP contribution is -2.30. The molecule has 1 aliphatic rings. The molecule has 1 aromatic carbocycles. The number of hydrogen-bond donors (Lipinski definition) is 1. The predicted octanol–water partition coefficient (Wildman–Crippen LogP) is 2.85. The van der Waals surface area contributed by atoms with Crippen molar-refractivity contribution < 1.29 is 9.90 Å². The summed E-state index contributed by atoms with van der Waals surface area (Å²) in [7, 11) is 0. The molecule has 0 bridgehead atoms. The zero-order valence-electron chi connectivity index (χ0n) is 16.0. The average molecular weight is 400 g/mol. The number of rotatable bonds is 6. The zero-order valence-corrected chi connectivity index (χ0v) is 16.9. The van der Waals surface area contributed by atoms with Crippen LogP contribution >= 0.6 is 11.5 Å². The molecule has 8 heteroatoms. The maximum Gasteiger partial charge on any atom is 0.323 e. The summed E-state index contributed by atoms with van der Waals surface area (Å²) in [4.78, 5) is 20.6. The Kier molecular flexibility index (Phi) is 5.59. The van der Waals surface area contributed by atoms with Crippen molar-refractivity contribution in [2.45, 2.75) is 32.9 Å². The lowest BCUT2D eigenvalue weighted by Gasteiger charge is -2.21. The van der Waals surface area contributed by atoms with Gasteiger partial charge in [0.2, 0.25) is 5.13 Å². The van der Waals surface area contributed by atoms with Crippen LogP contribution in [0, 0.1) is 0 Å². The molecule has 0 atom stereocenters. The van der Waals surface area contributed by atoms with E-state index in [1.54, 1.807) is 0 Å². The number of hydrogen-bond acceptors (Lipinski definition) is 6. The van der Waals surface area contributed by atoms with Gasteiger partial charge in [0.25, 0.3) is 0 Å². The lowest BCUT2D eigenvalue weighted by atomic mass is 10.1. The summed E-state index contributed by atoms with van der Waals surface area (Å²) >= 11 is 1.49. The molecule has 3 aromatic rings. The van der Waals surface area contributed by atoms with E-state index in [1.165, 1.54) is 17.1 Å². The number of nitrogens with zero attached hydrogens (tertiary/aromatic N) is 5. The van der Waals surface area contributed by atoms with Crippen LogP contribution in [0.15, 0.2) is 30.5 Å². The van der Waals surface area contributed by atoms with Gasteiger partial charge in [-0.15, -0.1) is 0 Å². The first-order chi connectivity index (χ1) is 13.6. The Morgan fingerprint density at radius 2 is 2.07 bits per heavy atom. The van der Waals surface area contributed by atoms with Crippen molar-refractivity contribution in [1.29, 1.82) is 0 Å². The van der Waals surface area contributed by atoms with Crippen molar-refractivity contribution in [3.05, 3.63) is 41.9 Å². The van der Waals surface area contributed by atoms with Crippen LogP contribution in [0.25, 0.3) is 10.9 Å². The Balaban J connectivity index is 1.48. The van der Waals surface area contributed by atoms with E-state index in [2.05, 4.69) is 32.1 Å². The molecule has 3 heterocycles. The van der Waals surface area contributed by atoms with Gasteiger partial charge in [-0.1, -0.05) is 25.1 Å². The highest BCUT2D eigenvalue weighted by molar-refractivity contribution is 7.09. The van der Waals surface area contributed by atoms with Crippen molar-refractivity contribution in [3.63, 3.8) is 0 Å². The molecule has 0 amide bonds. The van der Waals surface area contributed by atoms with Crippen molar-refractivity contribution in [3.8, 4) is 0 Å². The van der Waals surface area contributed by atoms with E-state index in [1.807, 2.05) is 29.0 Å². The molecule has 1 N–H and O–H groups in total. The summed E-state index contributed by atoms with van der Waals surface area (Å²) < 4.78 is 6.25. The average Bonchev–Trinajstić information content (AvgIpc) is 3.22. The van der Waals surface area contributed by atoms with E-state index in [0.29, 0.717) is 0 Å². The highest BCUT2D eigenvalue weighted by Crippen LogP contribution is 2.24. The largest absolute Gasteiger partial charge is 0.480 e. The van der Waals surface area contributed by atoms with E-state index >= 15 is 0 Å². The topological polar surface area (TPSA) is 74.5 Å². The predicted molar refractivity (Wildman–Crippen MR) is 111 cm³/mol. The van der Waals surface area contributed by atoms with Gasteiger partial charge >= 0.3 is 5.97 Å². The molecule has 1 fully saturated rings. The van der Waals surface area contributed by atoms with Crippen LogP contribution in [0.1, 0.15) is 24.7 Å². The molecule has 0 radical (unpaired) electrons. The minimum Gasteiger partial charge on any atom is -0.480 e. The zero-order chi connectivity index (χ0) is 19.5. The summed E-state index contributed by atoms with van der Waals surface area (Å²) in [6.45, 7) is 6.81. The van der Waals surface area contributed by atoms with Gasteiger partial charge in [0, 0.05) is 67.8 Å². The Morgan fingerprint density at radius 3 is 2.86 bits per heavy atom. The molecule has 148 valence electrons. The van der Waals surface area contributed by atoms with Gasteiger partial charge in [-0.25, -0.2) is 4.98 Å². The van der Waals surface area contributed by atoms with Gasteiger partial charge in [-0.2, -0.15) is 4.37 Å². The van der Waals surface area contributed by atoms with Crippen molar-refractivity contribution in [2.75, 3.05) is 31.1 Å². The first kappa shape index (κ1) is 18.9. The summed E-state index contributed by atoms with van der Waals surface area (Å²) in [5.74, 6) is 0.105. The van der Waals surface area contributed by atoms with Gasteiger partial charge in [0.05, 0.1) is 0 Å². The Morgan fingerprint density at radius 1 is 1.21 bits per heavy atom. The third kappa shape index (κ3) is 4.02. The van der Waals surface area contributed by atoms with Crippen molar-refractivity contribution in [2.24, 2.45) is 0 Å². The molecule has 0 aliphatic carbocycles. The molecule has 2 aromatic heterocycles. The summed E-state index contributed by atoms with van der Waals surface area (Å²) in [5, 5.41) is 11.4. The molecule has 7 nitrogen and oxygen atoms in total. The number of para-hydroxylation sites is 1. The van der Waals surface area contributed by atoms with Crippen molar-refractivity contribution in [1.82, 2.24) is 18.8 Å². The molecule has 1 aliphatic heterocycles. The molecule has 4 rings (SSSR count). The highest BCUT2D eigenvalue weighted by atomic mass is 32.1. The van der Waals surface area contributed by atoms with Crippen LogP contribution in [-0.4, -0.2) is 56.1 Å². The van der Waals surface area contributed by atoms with E-state index in [9.17, 15) is 9.90 Å². The molecule has 1 saturated heterocycles. The number of aromatic nitrogens is 3. The fraction of sp³-hybridized carbons (Fsp3) is 0.450. The standard InChI is InChI=1S/C20H25N5O2S/c1-2-18-21-20(28-22-18)24-9-5-8-23(10-11-24)12-15-13-25(14-19(26)27)17-7-4-3-6-16(15)17/h3-4,6-7,13H,2,5,8-12,14H2,1H3,(H,26,27). The SMILES string of the molecule is CCc1nsc(N2CCCN(Cc3cn(CC(=O)O)c4ccccc34)CC2)n1. The fourth-order valence-corrected chi connectivity index (χ4v) is 4.60. The smallest absolute Gasteiger partial charge is 0.323 e. The minimum atomic E-state index is -0.818. The lowest BCUT2D eigenvalue weighted by molar-refractivity contribution is -0.137. The summed E-state index contributed by atoms with van der Waals surface area (Å²) in [5.41, 5.74) is 2.17. The maximum absolute atomic E-state index is 11.2. The summed E-state index contributed by atoms with van der Waals surface area (Å²) in [6.07, 6.45) is 3.95. The molecular weight excluding hydrogens is 374 g/mol. The second-order valence-electron chi connectivity index (χ2n) is 7.16. The number of carboxylic acids is 1. The maximum atomic E-state index is 11.2. The van der Waals surface area contributed by atoms with E-state index in [4.69, 9.17) is 0 Å². The van der Waals surface area contributed by atoms with E-state index < -0.39 is 5.97 Å². The Labute approximate surface area is 168 Å². The minimum absolute atomic E-state index is 0.00883. The van der Waals surface area contributed by atoms with Crippen LogP contribution < -0.4 is 4.90 Å². The molecule has 0 spiro atoms. The van der Waals surface area contributed by atoms with Gasteiger partial charge in [-0.3, -0.25) is 9.69 Å². The number of anilines is 1. The first-order valence-corrected chi connectivity index (χ1v) is 10.5. The summed E-state index contributed by atoms with van der Waals surface area (Å²) in [6, 6.07) is 8.05. The van der Waals surface area contributed by atoms with E-state index in [-0.39, 0.29) is 6.54 Å². The number of carbonyl (C=O) groups is 1. The third-order valence-corrected chi connectivity index (χ3v) is 6.02.